The highest BCUT2D eigenvalue weighted by atomic mass is 16.5. The maximum atomic E-state index is 11.1. The molecule has 0 amide bonds. The van der Waals surface area contributed by atoms with Crippen molar-refractivity contribution in [1.82, 2.24) is 0 Å². The summed E-state index contributed by atoms with van der Waals surface area (Å²) in [6, 6.07) is 25.6. The number of hydrogen-bond acceptors (Lipinski definition) is 3. The Balaban J connectivity index is 0.000000176. The maximum Gasteiger partial charge on any atom is 0.223 e. The van der Waals surface area contributed by atoms with Gasteiger partial charge in [0.1, 0.15) is 11.5 Å². The minimum atomic E-state index is -0.151. The number of rotatable bonds is 2. The highest BCUT2D eigenvalue weighted by Crippen LogP contribution is 2.32. The number of benzene rings is 3. The molecule has 0 aliphatic rings. The lowest BCUT2D eigenvalue weighted by Gasteiger charge is -2.26. The molecule has 28 heavy (non-hydrogen) atoms. The number of nitrogens with zero attached hydrogens (tertiary/aromatic N) is 1. The standard InChI is InChI=1S/C15H16O2.C9H7NO/c1-15(2,11-3-7-13(16)8-4-11)12-5-9-14(17)10-6-12;11-10-7-3-5-8-4-1-2-6-9(8)10/h3-10,16-17H,1-2H3;1-7H. The van der Waals surface area contributed by atoms with Crippen LogP contribution in [0.5, 0.6) is 11.5 Å². The Bertz CT molecular complexity index is 1000. The molecule has 4 rings (SSSR count). The minimum absolute atomic E-state index is 0.151. The van der Waals surface area contributed by atoms with E-state index in [0.29, 0.717) is 0 Å². The van der Waals surface area contributed by atoms with Crippen molar-refractivity contribution in [2.45, 2.75) is 19.3 Å². The summed E-state index contributed by atoms with van der Waals surface area (Å²) in [4.78, 5) is 0. The summed E-state index contributed by atoms with van der Waals surface area (Å²) >= 11 is 0. The van der Waals surface area contributed by atoms with E-state index >= 15 is 0 Å². The molecule has 1 aromatic heterocycles. The molecule has 0 saturated heterocycles. The number of aromatic nitrogens is 1. The summed E-state index contributed by atoms with van der Waals surface area (Å²) in [6.45, 7) is 4.23. The number of hydrogen-bond donors (Lipinski definition) is 2. The van der Waals surface area contributed by atoms with E-state index in [1.165, 1.54) is 6.20 Å². The second-order valence-corrected chi connectivity index (χ2v) is 7.11. The van der Waals surface area contributed by atoms with Gasteiger partial charge in [0.2, 0.25) is 5.52 Å². The second-order valence-electron chi connectivity index (χ2n) is 7.11. The molecule has 0 aliphatic carbocycles. The fourth-order valence-electron chi connectivity index (χ4n) is 3.06. The number of phenols is 2. The number of pyridine rings is 1. The van der Waals surface area contributed by atoms with Gasteiger partial charge in [0.25, 0.3) is 0 Å². The van der Waals surface area contributed by atoms with Gasteiger partial charge in [-0.1, -0.05) is 50.2 Å². The third-order valence-electron chi connectivity index (χ3n) is 4.85. The molecule has 0 bridgehead atoms. The third-order valence-corrected chi connectivity index (χ3v) is 4.85. The van der Waals surface area contributed by atoms with Crippen LogP contribution < -0.4 is 4.73 Å². The van der Waals surface area contributed by atoms with E-state index in [1.54, 1.807) is 30.3 Å². The molecule has 0 saturated carbocycles. The minimum Gasteiger partial charge on any atom is -0.618 e. The first-order chi connectivity index (χ1) is 13.4. The van der Waals surface area contributed by atoms with Gasteiger partial charge in [0.05, 0.1) is 0 Å². The Kier molecular flexibility index (Phi) is 5.50. The second kappa shape index (κ2) is 8.01. The molecular weight excluding hydrogens is 350 g/mol. The van der Waals surface area contributed by atoms with Crippen LogP contribution in [0.4, 0.5) is 0 Å². The molecule has 0 radical (unpaired) electrons. The average molecular weight is 373 g/mol. The monoisotopic (exact) mass is 373 g/mol. The normalized spacial score (nSPS) is 10.9. The van der Waals surface area contributed by atoms with Gasteiger partial charge in [-0.3, -0.25) is 0 Å². The molecule has 0 fully saturated rings. The number of fused-ring (bicyclic) bond motifs is 1. The first-order valence-electron chi connectivity index (χ1n) is 9.04. The molecule has 2 N–H and O–H groups in total. The summed E-state index contributed by atoms with van der Waals surface area (Å²) in [6.07, 6.45) is 1.50. The van der Waals surface area contributed by atoms with Crippen molar-refractivity contribution < 1.29 is 14.9 Å². The number of aromatic hydroxyl groups is 2. The van der Waals surface area contributed by atoms with Crippen molar-refractivity contribution in [3.05, 3.63) is 107 Å². The Morgan fingerprint density at radius 3 is 1.64 bits per heavy atom. The van der Waals surface area contributed by atoms with E-state index in [0.717, 1.165) is 26.8 Å². The Labute approximate surface area is 164 Å². The van der Waals surface area contributed by atoms with Crippen LogP contribution in [0.2, 0.25) is 0 Å². The highest BCUT2D eigenvalue weighted by molar-refractivity contribution is 5.74. The van der Waals surface area contributed by atoms with Gasteiger partial charge in [0.15, 0.2) is 6.20 Å². The quantitative estimate of drug-likeness (QED) is 0.388. The number of phenolic OH excluding ortho intramolecular Hbond substituents is 2. The van der Waals surface area contributed by atoms with Crippen LogP contribution in [-0.4, -0.2) is 10.2 Å². The van der Waals surface area contributed by atoms with Crippen LogP contribution in [0.15, 0.2) is 91.1 Å². The summed E-state index contributed by atoms with van der Waals surface area (Å²) in [5, 5.41) is 30.7. The Hall–Kier alpha value is -3.53. The van der Waals surface area contributed by atoms with Crippen molar-refractivity contribution in [3.63, 3.8) is 0 Å². The average Bonchev–Trinajstić information content (AvgIpc) is 2.70. The van der Waals surface area contributed by atoms with E-state index < -0.39 is 0 Å². The lowest BCUT2D eigenvalue weighted by atomic mass is 9.78. The van der Waals surface area contributed by atoms with Gasteiger partial charge in [-0.15, -0.1) is 0 Å². The molecule has 1 heterocycles. The molecule has 3 aromatic carbocycles. The lowest BCUT2D eigenvalue weighted by Crippen LogP contribution is -2.25. The Morgan fingerprint density at radius 1 is 0.679 bits per heavy atom. The molecule has 0 atom stereocenters. The van der Waals surface area contributed by atoms with Gasteiger partial charge in [-0.25, -0.2) is 0 Å². The third kappa shape index (κ3) is 4.23. The van der Waals surface area contributed by atoms with E-state index in [9.17, 15) is 15.4 Å². The smallest absolute Gasteiger partial charge is 0.223 e. The van der Waals surface area contributed by atoms with Crippen molar-refractivity contribution in [1.29, 1.82) is 0 Å². The Morgan fingerprint density at radius 2 is 1.14 bits per heavy atom. The molecule has 4 nitrogen and oxygen atoms in total. The summed E-state index contributed by atoms with van der Waals surface area (Å²) in [5.74, 6) is 0.547. The zero-order valence-electron chi connectivity index (χ0n) is 15.9. The predicted molar refractivity (Wildman–Crippen MR) is 111 cm³/mol. The van der Waals surface area contributed by atoms with E-state index in [2.05, 4.69) is 13.8 Å². The summed E-state index contributed by atoms with van der Waals surface area (Å²) in [5.41, 5.74) is 2.82. The van der Waals surface area contributed by atoms with Crippen LogP contribution in [0.3, 0.4) is 0 Å². The van der Waals surface area contributed by atoms with E-state index in [1.807, 2.05) is 54.6 Å². The zero-order valence-corrected chi connectivity index (χ0v) is 15.9. The summed E-state index contributed by atoms with van der Waals surface area (Å²) < 4.78 is 0.870. The molecule has 4 heteroatoms. The molecular formula is C24H23NO3. The molecule has 142 valence electrons. The van der Waals surface area contributed by atoms with Gasteiger partial charge < -0.3 is 15.4 Å². The van der Waals surface area contributed by atoms with Crippen molar-refractivity contribution in [3.8, 4) is 11.5 Å². The van der Waals surface area contributed by atoms with Crippen molar-refractivity contribution in [2.75, 3.05) is 0 Å². The predicted octanol–water partition coefficient (Wildman–Crippen LogP) is 4.90. The molecule has 0 aliphatic heterocycles. The first-order valence-corrected chi connectivity index (χ1v) is 9.04. The van der Waals surface area contributed by atoms with Gasteiger partial charge in [0, 0.05) is 22.9 Å². The summed E-state index contributed by atoms with van der Waals surface area (Å²) in [7, 11) is 0. The van der Waals surface area contributed by atoms with Gasteiger partial charge >= 0.3 is 0 Å². The maximum absolute atomic E-state index is 11.1. The SMILES string of the molecule is CC(C)(c1ccc(O)cc1)c1ccc(O)cc1.[O-][n+]1cccc2ccccc21. The topological polar surface area (TPSA) is 67.4 Å². The largest absolute Gasteiger partial charge is 0.618 e. The lowest BCUT2D eigenvalue weighted by molar-refractivity contribution is -0.577. The van der Waals surface area contributed by atoms with Crippen LogP contribution in [0.25, 0.3) is 10.9 Å². The van der Waals surface area contributed by atoms with Gasteiger partial charge in [-0.05, 0) is 47.5 Å². The van der Waals surface area contributed by atoms with E-state index in [-0.39, 0.29) is 16.9 Å². The molecule has 4 aromatic rings. The zero-order chi connectivity index (χ0) is 20.1. The van der Waals surface area contributed by atoms with Crippen LogP contribution in [0, 0.1) is 5.21 Å². The van der Waals surface area contributed by atoms with Crippen LogP contribution in [-0.2, 0) is 5.41 Å². The molecule has 0 unspecified atom stereocenters. The number of para-hydroxylation sites is 1. The van der Waals surface area contributed by atoms with Crippen molar-refractivity contribution in [2.24, 2.45) is 0 Å². The fourth-order valence-corrected chi connectivity index (χ4v) is 3.06. The van der Waals surface area contributed by atoms with Crippen LogP contribution >= 0.6 is 0 Å². The van der Waals surface area contributed by atoms with Gasteiger partial charge in [-0.2, -0.15) is 4.73 Å². The van der Waals surface area contributed by atoms with Crippen LogP contribution in [0.1, 0.15) is 25.0 Å². The highest BCUT2D eigenvalue weighted by Gasteiger charge is 2.22. The fraction of sp³-hybridized carbons (Fsp3) is 0.125. The molecule has 0 spiro atoms. The van der Waals surface area contributed by atoms with E-state index in [4.69, 9.17) is 0 Å². The van der Waals surface area contributed by atoms with Crippen molar-refractivity contribution >= 4 is 10.9 Å². The first kappa shape index (κ1) is 19.2.